The predicted octanol–water partition coefficient (Wildman–Crippen LogP) is -3.00. The van der Waals surface area contributed by atoms with Crippen molar-refractivity contribution in [2.24, 2.45) is 0 Å². The van der Waals surface area contributed by atoms with Gasteiger partial charge in [-0.25, -0.2) is 4.98 Å². The Hall–Kier alpha value is -0.356. The molecule has 0 saturated heterocycles. The molecule has 0 unspecified atom stereocenters. The number of imidazole rings is 1. The molecule has 1 aromatic heterocycles. The van der Waals surface area contributed by atoms with Crippen molar-refractivity contribution in [3.8, 4) is 0 Å². The lowest BCUT2D eigenvalue weighted by Crippen LogP contribution is -2.16. The molecule has 4 heteroatoms. The van der Waals surface area contributed by atoms with Crippen molar-refractivity contribution < 1.29 is 0 Å². The molecular formula is C3H8N2Si2. The second kappa shape index (κ2) is 1.63. The first-order valence-electron chi connectivity index (χ1n) is 2.24. The minimum Gasteiger partial charge on any atom is -0.376 e. The van der Waals surface area contributed by atoms with Crippen molar-refractivity contribution in [1.82, 2.24) is 9.22 Å². The van der Waals surface area contributed by atoms with Gasteiger partial charge in [0.25, 0.3) is 0 Å². The Kier molecular flexibility index (Phi) is 1.12. The first kappa shape index (κ1) is 4.79. The van der Waals surface area contributed by atoms with Crippen molar-refractivity contribution in [1.29, 1.82) is 0 Å². The van der Waals surface area contributed by atoms with Gasteiger partial charge >= 0.3 is 0 Å². The van der Waals surface area contributed by atoms with Crippen LogP contribution < -0.4 is 5.45 Å². The summed E-state index contributed by atoms with van der Waals surface area (Å²) < 4.78 is 2.17. The van der Waals surface area contributed by atoms with Crippen LogP contribution in [0.3, 0.4) is 0 Å². The van der Waals surface area contributed by atoms with Gasteiger partial charge in [-0.05, 0) is 0 Å². The van der Waals surface area contributed by atoms with E-state index in [1.807, 2.05) is 12.4 Å². The molecule has 7 heavy (non-hydrogen) atoms. The molecule has 0 fully saturated rings. The van der Waals surface area contributed by atoms with E-state index in [1.54, 1.807) is 0 Å². The lowest BCUT2D eigenvalue weighted by molar-refractivity contribution is 1.29. The van der Waals surface area contributed by atoms with Gasteiger partial charge in [0.1, 0.15) is 10.4 Å². The molecule has 0 saturated carbocycles. The molecule has 1 heterocycles. The van der Waals surface area contributed by atoms with Crippen LogP contribution in [0.1, 0.15) is 0 Å². The molecule has 1 rings (SSSR count). The fourth-order valence-corrected chi connectivity index (χ4v) is 0.987. The van der Waals surface area contributed by atoms with E-state index in [2.05, 4.69) is 9.22 Å². The van der Waals surface area contributed by atoms with Gasteiger partial charge in [-0.1, -0.05) is 0 Å². The SMILES string of the molecule is [SiH3]c1nccn1[SiH3]. The summed E-state index contributed by atoms with van der Waals surface area (Å²) in [4.78, 5) is 4.08. The maximum Gasteiger partial charge on any atom is 0.114 e. The van der Waals surface area contributed by atoms with Crippen LogP contribution in [0.5, 0.6) is 0 Å². The smallest absolute Gasteiger partial charge is 0.114 e. The molecule has 0 spiro atoms. The van der Waals surface area contributed by atoms with Gasteiger partial charge in [0.15, 0.2) is 0 Å². The Morgan fingerprint density at radius 1 is 1.71 bits per heavy atom. The summed E-state index contributed by atoms with van der Waals surface area (Å²) in [6, 6.07) is 0. The zero-order chi connectivity index (χ0) is 5.28. The van der Waals surface area contributed by atoms with E-state index < -0.39 is 0 Å². The Bertz CT molecular complexity index is 143. The molecule has 0 aliphatic heterocycles. The normalized spacial score (nSPS) is 10.3. The van der Waals surface area contributed by atoms with E-state index in [9.17, 15) is 0 Å². The van der Waals surface area contributed by atoms with Crippen LogP contribution in [-0.4, -0.2) is 29.9 Å². The van der Waals surface area contributed by atoms with Crippen molar-refractivity contribution in [2.75, 3.05) is 0 Å². The summed E-state index contributed by atoms with van der Waals surface area (Å²) in [5.41, 5.74) is 1.26. The lowest BCUT2D eigenvalue weighted by Gasteiger charge is -1.88. The lowest BCUT2D eigenvalue weighted by atomic mass is 11.0. The molecular weight excluding hydrogens is 120 g/mol. The number of nitrogens with zero attached hydrogens (tertiary/aromatic N) is 2. The van der Waals surface area contributed by atoms with E-state index in [1.165, 1.54) is 5.45 Å². The fourth-order valence-electron chi connectivity index (χ4n) is 0.440. The Morgan fingerprint density at radius 2 is 2.43 bits per heavy atom. The van der Waals surface area contributed by atoms with Crippen LogP contribution >= 0.6 is 0 Å². The molecule has 0 atom stereocenters. The molecule has 2 nitrogen and oxygen atoms in total. The Balaban J connectivity index is 3.12. The molecule has 38 valence electrons. The number of aromatic nitrogens is 2. The maximum atomic E-state index is 4.08. The van der Waals surface area contributed by atoms with Crippen molar-refractivity contribution >= 4 is 26.1 Å². The van der Waals surface area contributed by atoms with Crippen LogP contribution in [0.15, 0.2) is 12.4 Å². The Labute approximate surface area is 48.5 Å². The quantitative estimate of drug-likeness (QED) is 0.341. The molecule has 0 aromatic carbocycles. The second-order valence-corrected chi connectivity index (χ2v) is 3.44. The van der Waals surface area contributed by atoms with E-state index in [0.29, 0.717) is 0 Å². The minimum absolute atomic E-state index is 1.08. The zero-order valence-corrected chi connectivity index (χ0v) is 8.55. The third-order valence-electron chi connectivity index (χ3n) is 1.06. The van der Waals surface area contributed by atoms with Gasteiger partial charge in [0.2, 0.25) is 0 Å². The monoisotopic (exact) mass is 128 g/mol. The summed E-state index contributed by atoms with van der Waals surface area (Å²) in [5, 5.41) is 0. The first-order valence-corrected chi connectivity index (χ1v) is 4.14. The van der Waals surface area contributed by atoms with Crippen LogP contribution in [0.25, 0.3) is 0 Å². The maximum absolute atomic E-state index is 4.08. The number of hydrogen-bond acceptors (Lipinski definition) is 1. The third kappa shape index (κ3) is 0.806. The average molecular weight is 128 g/mol. The van der Waals surface area contributed by atoms with E-state index in [0.717, 1.165) is 20.6 Å². The predicted molar refractivity (Wildman–Crippen MR) is 37.1 cm³/mol. The largest absolute Gasteiger partial charge is 0.376 e. The highest BCUT2D eigenvalue weighted by Gasteiger charge is 1.83. The molecule has 0 N–H and O–H groups in total. The van der Waals surface area contributed by atoms with Crippen LogP contribution in [0.2, 0.25) is 0 Å². The van der Waals surface area contributed by atoms with E-state index in [-0.39, 0.29) is 0 Å². The second-order valence-electron chi connectivity index (χ2n) is 1.59. The van der Waals surface area contributed by atoms with E-state index in [4.69, 9.17) is 0 Å². The summed E-state index contributed by atoms with van der Waals surface area (Å²) in [5.74, 6) is 0. The van der Waals surface area contributed by atoms with Crippen LogP contribution in [0.4, 0.5) is 0 Å². The molecule has 0 amide bonds. The molecule has 0 bridgehead atoms. The van der Waals surface area contributed by atoms with Crippen molar-refractivity contribution in [2.45, 2.75) is 0 Å². The summed E-state index contributed by atoms with van der Waals surface area (Å²) >= 11 is 0. The molecule has 1 aromatic rings. The highest BCUT2D eigenvalue weighted by molar-refractivity contribution is 6.32. The zero-order valence-electron chi connectivity index (χ0n) is 4.55. The molecule has 0 aliphatic carbocycles. The van der Waals surface area contributed by atoms with Gasteiger partial charge in [0, 0.05) is 12.4 Å². The molecule has 0 radical (unpaired) electrons. The number of rotatable bonds is 0. The number of hydrogen-bond donors (Lipinski definition) is 0. The van der Waals surface area contributed by atoms with E-state index >= 15 is 0 Å². The topological polar surface area (TPSA) is 17.8 Å². The van der Waals surface area contributed by atoms with Gasteiger partial charge < -0.3 is 4.23 Å². The van der Waals surface area contributed by atoms with Gasteiger partial charge in [-0.3, -0.25) is 0 Å². The highest BCUT2D eigenvalue weighted by atomic mass is 28.2. The van der Waals surface area contributed by atoms with Crippen LogP contribution in [-0.2, 0) is 0 Å². The summed E-state index contributed by atoms with van der Waals surface area (Å²) in [7, 11) is 2.17. The van der Waals surface area contributed by atoms with Crippen molar-refractivity contribution in [3.63, 3.8) is 0 Å². The first-order chi connectivity index (χ1) is 3.30. The van der Waals surface area contributed by atoms with Gasteiger partial charge in [-0.15, -0.1) is 0 Å². The van der Waals surface area contributed by atoms with Gasteiger partial charge in [0.05, 0.1) is 15.7 Å². The minimum atomic E-state index is 1.08. The summed E-state index contributed by atoms with van der Waals surface area (Å²) in [6.45, 7) is 0. The summed E-state index contributed by atoms with van der Waals surface area (Å²) in [6.07, 6.45) is 3.88. The van der Waals surface area contributed by atoms with Crippen molar-refractivity contribution in [3.05, 3.63) is 12.4 Å². The highest BCUT2D eigenvalue weighted by Crippen LogP contribution is 1.68. The standard InChI is InChI=1S/C3H8N2Si2/c6-3-4-1-2-5(3)7/h1-2H,6-7H3. The van der Waals surface area contributed by atoms with Gasteiger partial charge in [-0.2, -0.15) is 0 Å². The third-order valence-corrected chi connectivity index (χ3v) is 3.87. The fraction of sp³-hybridized carbons (Fsp3) is 0. The Morgan fingerprint density at radius 3 is 2.57 bits per heavy atom. The average Bonchev–Trinajstić information content (AvgIpc) is 1.91. The van der Waals surface area contributed by atoms with Crippen LogP contribution in [0, 0.1) is 0 Å². The molecule has 0 aliphatic rings.